The molecular formula is C18H26. The maximum atomic E-state index is 2.42. The lowest BCUT2D eigenvalue weighted by atomic mass is 9.62. The summed E-state index contributed by atoms with van der Waals surface area (Å²) in [5.74, 6) is 0. The average Bonchev–Trinajstić information content (AvgIpc) is 2.27. The van der Waals surface area contributed by atoms with E-state index in [9.17, 15) is 0 Å². The molecule has 0 fully saturated rings. The summed E-state index contributed by atoms with van der Waals surface area (Å²) in [7, 11) is 0. The van der Waals surface area contributed by atoms with Gasteiger partial charge in [-0.3, -0.25) is 0 Å². The Bertz CT molecular complexity index is 487. The molecule has 1 aliphatic carbocycles. The van der Waals surface area contributed by atoms with E-state index in [1.165, 1.54) is 24.0 Å². The van der Waals surface area contributed by atoms with Crippen LogP contribution in [0.2, 0.25) is 0 Å². The fraction of sp³-hybridized carbons (Fsp3) is 0.556. The Hall–Kier alpha value is -1.04. The van der Waals surface area contributed by atoms with Crippen LogP contribution < -0.4 is 0 Å². The predicted octanol–water partition coefficient (Wildman–Crippen LogP) is 5.38. The minimum atomic E-state index is 0.314. The van der Waals surface area contributed by atoms with Gasteiger partial charge >= 0.3 is 0 Å². The minimum Gasteiger partial charge on any atom is -0.0871 e. The van der Waals surface area contributed by atoms with Crippen LogP contribution in [0.3, 0.4) is 0 Å². The van der Waals surface area contributed by atoms with E-state index in [0.29, 0.717) is 10.8 Å². The summed E-state index contributed by atoms with van der Waals surface area (Å²) < 4.78 is 0. The standard InChI is InChI=1S/C18H26/c1-7-8-14-12-16-15(11-13(14)2)17(3,4)9-10-18(16,5)6/h7-8,11-12H,9-10H2,1-6H3. The minimum absolute atomic E-state index is 0.314. The van der Waals surface area contributed by atoms with Gasteiger partial charge in [0, 0.05) is 0 Å². The second-order valence-corrected chi connectivity index (χ2v) is 7.02. The van der Waals surface area contributed by atoms with E-state index in [2.05, 4.69) is 65.8 Å². The van der Waals surface area contributed by atoms with Crippen LogP contribution in [-0.4, -0.2) is 0 Å². The maximum Gasteiger partial charge on any atom is -0.0100 e. The Morgan fingerprint density at radius 2 is 1.44 bits per heavy atom. The highest BCUT2D eigenvalue weighted by atomic mass is 14.4. The molecule has 0 nitrogen and oxygen atoms in total. The van der Waals surface area contributed by atoms with Gasteiger partial charge in [0.15, 0.2) is 0 Å². The number of hydrogen-bond acceptors (Lipinski definition) is 0. The molecule has 0 unspecified atom stereocenters. The number of allylic oxidation sites excluding steroid dienone is 1. The summed E-state index contributed by atoms with van der Waals surface area (Å²) in [6.45, 7) is 13.9. The Morgan fingerprint density at radius 1 is 0.944 bits per heavy atom. The van der Waals surface area contributed by atoms with E-state index in [1.54, 1.807) is 11.1 Å². The van der Waals surface area contributed by atoms with Gasteiger partial charge in [0.1, 0.15) is 0 Å². The van der Waals surface area contributed by atoms with Gasteiger partial charge in [0.2, 0.25) is 0 Å². The van der Waals surface area contributed by atoms with Crippen molar-refractivity contribution in [3.63, 3.8) is 0 Å². The van der Waals surface area contributed by atoms with E-state index in [0.717, 1.165) is 0 Å². The van der Waals surface area contributed by atoms with Crippen LogP contribution in [-0.2, 0) is 10.8 Å². The van der Waals surface area contributed by atoms with Gasteiger partial charge in [-0.15, -0.1) is 0 Å². The number of fused-ring (bicyclic) bond motifs is 1. The average molecular weight is 242 g/mol. The molecule has 0 atom stereocenters. The monoisotopic (exact) mass is 242 g/mol. The van der Waals surface area contributed by atoms with Crippen LogP contribution in [0.15, 0.2) is 18.2 Å². The van der Waals surface area contributed by atoms with E-state index in [1.807, 2.05) is 0 Å². The van der Waals surface area contributed by atoms with Gasteiger partial charge in [-0.2, -0.15) is 0 Å². The maximum absolute atomic E-state index is 2.42. The van der Waals surface area contributed by atoms with Gasteiger partial charge < -0.3 is 0 Å². The van der Waals surface area contributed by atoms with E-state index >= 15 is 0 Å². The van der Waals surface area contributed by atoms with Crippen LogP contribution in [0, 0.1) is 6.92 Å². The first-order valence-corrected chi connectivity index (χ1v) is 7.06. The third-order valence-electron chi connectivity index (χ3n) is 4.59. The zero-order valence-electron chi connectivity index (χ0n) is 12.7. The second-order valence-electron chi connectivity index (χ2n) is 7.02. The van der Waals surface area contributed by atoms with Crippen molar-refractivity contribution < 1.29 is 0 Å². The summed E-state index contributed by atoms with van der Waals surface area (Å²) in [6.07, 6.45) is 6.93. The third-order valence-corrected chi connectivity index (χ3v) is 4.59. The van der Waals surface area contributed by atoms with E-state index in [4.69, 9.17) is 0 Å². The fourth-order valence-electron chi connectivity index (χ4n) is 3.10. The Balaban J connectivity index is 2.69. The summed E-state index contributed by atoms with van der Waals surface area (Å²) in [5, 5.41) is 0. The zero-order valence-corrected chi connectivity index (χ0v) is 12.7. The molecule has 98 valence electrons. The quantitative estimate of drug-likeness (QED) is 0.620. The molecule has 0 aliphatic heterocycles. The summed E-state index contributed by atoms with van der Waals surface area (Å²) in [5.41, 5.74) is 6.53. The lowest BCUT2D eigenvalue weighted by Gasteiger charge is -2.42. The van der Waals surface area contributed by atoms with Crippen LogP contribution in [0.1, 0.15) is 69.7 Å². The van der Waals surface area contributed by atoms with Crippen molar-refractivity contribution in [3.05, 3.63) is 40.5 Å². The van der Waals surface area contributed by atoms with Crippen LogP contribution in [0.25, 0.3) is 6.08 Å². The molecule has 0 bridgehead atoms. The van der Waals surface area contributed by atoms with Crippen molar-refractivity contribution in [3.8, 4) is 0 Å². The smallest absolute Gasteiger partial charge is 0.0100 e. The van der Waals surface area contributed by atoms with Crippen molar-refractivity contribution in [1.82, 2.24) is 0 Å². The zero-order chi connectivity index (χ0) is 13.6. The predicted molar refractivity (Wildman–Crippen MR) is 81.2 cm³/mol. The highest BCUT2D eigenvalue weighted by molar-refractivity contribution is 5.58. The number of rotatable bonds is 1. The summed E-state index contributed by atoms with van der Waals surface area (Å²) >= 11 is 0. The van der Waals surface area contributed by atoms with Crippen molar-refractivity contribution in [1.29, 1.82) is 0 Å². The topological polar surface area (TPSA) is 0 Å². The van der Waals surface area contributed by atoms with Crippen molar-refractivity contribution in [2.75, 3.05) is 0 Å². The normalized spacial score (nSPS) is 21.0. The first kappa shape index (κ1) is 13.4. The first-order valence-electron chi connectivity index (χ1n) is 7.06. The molecule has 1 aliphatic rings. The van der Waals surface area contributed by atoms with Gasteiger partial charge in [-0.05, 0) is 59.8 Å². The lowest BCUT2D eigenvalue weighted by Crippen LogP contribution is -2.34. The molecule has 0 aromatic heterocycles. The molecule has 18 heavy (non-hydrogen) atoms. The Labute approximate surface area is 112 Å². The molecule has 0 heteroatoms. The molecule has 1 aromatic rings. The molecule has 0 saturated heterocycles. The molecule has 2 rings (SSSR count). The Kier molecular flexibility index (Phi) is 3.17. The van der Waals surface area contributed by atoms with Gasteiger partial charge in [-0.25, -0.2) is 0 Å². The van der Waals surface area contributed by atoms with Crippen molar-refractivity contribution in [2.24, 2.45) is 0 Å². The molecule has 0 N–H and O–H groups in total. The van der Waals surface area contributed by atoms with Gasteiger partial charge in [-0.1, -0.05) is 52.0 Å². The third kappa shape index (κ3) is 2.13. The van der Waals surface area contributed by atoms with Crippen molar-refractivity contribution in [2.45, 2.75) is 65.2 Å². The van der Waals surface area contributed by atoms with Gasteiger partial charge in [0.05, 0.1) is 0 Å². The fourth-order valence-corrected chi connectivity index (χ4v) is 3.10. The van der Waals surface area contributed by atoms with E-state index < -0.39 is 0 Å². The molecule has 0 saturated carbocycles. The molecule has 0 spiro atoms. The molecule has 1 aromatic carbocycles. The SMILES string of the molecule is CC=Cc1cc2c(cc1C)C(C)(C)CCC2(C)C. The largest absolute Gasteiger partial charge is 0.0871 e. The van der Waals surface area contributed by atoms with Gasteiger partial charge in [0.25, 0.3) is 0 Å². The number of aryl methyl sites for hydroxylation is 1. The highest BCUT2D eigenvalue weighted by Gasteiger charge is 2.37. The highest BCUT2D eigenvalue weighted by Crippen LogP contribution is 2.46. The van der Waals surface area contributed by atoms with Crippen molar-refractivity contribution >= 4 is 6.08 Å². The Morgan fingerprint density at radius 3 is 1.94 bits per heavy atom. The molecular weight excluding hydrogens is 216 g/mol. The summed E-state index contributed by atoms with van der Waals surface area (Å²) in [6, 6.07) is 4.84. The molecule has 0 amide bonds. The number of hydrogen-bond donors (Lipinski definition) is 0. The summed E-state index contributed by atoms with van der Waals surface area (Å²) in [4.78, 5) is 0. The van der Waals surface area contributed by atoms with E-state index in [-0.39, 0.29) is 0 Å². The van der Waals surface area contributed by atoms with Crippen LogP contribution >= 0.6 is 0 Å². The first-order chi connectivity index (χ1) is 8.28. The van der Waals surface area contributed by atoms with Crippen LogP contribution in [0.5, 0.6) is 0 Å². The second kappa shape index (κ2) is 4.26. The molecule has 0 radical (unpaired) electrons. The molecule has 0 heterocycles. The lowest BCUT2D eigenvalue weighted by molar-refractivity contribution is 0.331. The van der Waals surface area contributed by atoms with Crippen LogP contribution in [0.4, 0.5) is 0 Å². The number of benzene rings is 1.